The molecular weight excluding hydrogens is 440 g/mol. The van der Waals surface area contributed by atoms with Crippen molar-refractivity contribution in [3.63, 3.8) is 0 Å². The molecule has 6 heteroatoms. The third-order valence-electron chi connectivity index (χ3n) is 2.76. The van der Waals surface area contributed by atoms with Gasteiger partial charge in [-0.3, -0.25) is 4.57 Å². The van der Waals surface area contributed by atoms with Gasteiger partial charge in [-0.05, 0) is 68.9 Å². The summed E-state index contributed by atoms with van der Waals surface area (Å²) in [6.45, 7) is 0. The molecule has 0 radical (unpaired) electrons. The molecule has 0 fully saturated rings. The first-order chi connectivity index (χ1) is 9.20. The quantitative estimate of drug-likeness (QED) is 0.426. The SMILES string of the molecule is ClCc1nc2cccnc2n1-c1ccc(I)cc1Br. The molecule has 3 rings (SSSR count). The van der Waals surface area contributed by atoms with Crippen molar-refractivity contribution in [2.24, 2.45) is 0 Å². The van der Waals surface area contributed by atoms with E-state index < -0.39 is 0 Å². The lowest BCUT2D eigenvalue weighted by atomic mass is 10.3. The van der Waals surface area contributed by atoms with E-state index in [1.807, 2.05) is 28.8 Å². The molecule has 3 nitrogen and oxygen atoms in total. The van der Waals surface area contributed by atoms with E-state index in [0.29, 0.717) is 5.88 Å². The predicted octanol–water partition coefficient (Wildman–Crippen LogP) is 4.53. The van der Waals surface area contributed by atoms with Crippen LogP contribution in [0.5, 0.6) is 0 Å². The fourth-order valence-electron chi connectivity index (χ4n) is 1.96. The van der Waals surface area contributed by atoms with Gasteiger partial charge < -0.3 is 0 Å². The summed E-state index contributed by atoms with van der Waals surface area (Å²) < 4.78 is 4.15. The summed E-state index contributed by atoms with van der Waals surface area (Å²) in [5.41, 5.74) is 2.67. The third kappa shape index (κ3) is 2.39. The van der Waals surface area contributed by atoms with Crippen molar-refractivity contribution < 1.29 is 0 Å². The Hall–Kier alpha value is -0.660. The number of aromatic nitrogens is 3. The zero-order valence-corrected chi connectivity index (χ0v) is 14.1. The van der Waals surface area contributed by atoms with Crippen LogP contribution in [0, 0.1) is 3.57 Å². The fourth-order valence-corrected chi connectivity index (χ4v) is 3.62. The molecule has 0 saturated heterocycles. The first-order valence-corrected chi connectivity index (χ1v) is 7.95. The Labute approximate surface area is 137 Å². The van der Waals surface area contributed by atoms with Crippen LogP contribution in [0.1, 0.15) is 5.82 Å². The van der Waals surface area contributed by atoms with E-state index >= 15 is 0 Å². The van der Waals surface area contributed by atoms with Crippen LogP contribution in [0.25, 0.3) is 16.9 Å². The van der Waals surface area contributed by atoms with Gasteiger partial charge in [-0.2, -0.15) is 0 Å². The average molecular weight is 448 g/mol. The minimum absolute atomic E-state index is 0.342. The number of halogens is 3. The molecule has 3 aromatic rings. The zero-order chi connectivity index (χ0) is 13.4. The standard InChI is InChI=1S/C13H8BrClIN3/c14-9-6-8(16)3-4-11(9)19-12(7-15)18-10-2-1-5-17-13(10)19/h1-6H,7H2. The van der Waals surface area contributed by atoms with Gasteiger partial charge in [0.2, 0.25) is 0 Å². The maximum Gasteiger partial charge on any atom is 0.164 e. The summed E-state index contributed by atoms with van der Waals surface area (Å²) in [4.78, 5) is 8.93. The van der Waals surface area contributed by atoms with E-state index in [1.165, 1.54) is 0 Å². The van der Waals surface area contributed by atoms with E-state index in [1.54, 1.807) is 6.20 Å². The highest BCUT2D eigenvalue weighted by atomic mass is 127. The number of rotatable bonds is 2. The van der Waals surface area contributed by atoms with Gasteiger partial charge in [-0.15, -0.1) is 11.6 Å². The molecule has 0 saturated carbocycles. The Balaban J connectivity index is 2.34. The molecule has 1 aromatic carbocycles. The van der Waals surface area contributed by atoms with Gasteiger partial charge in [0.15, 0.2) is 5.65 Å². The van der Waals surface area contributed by atoms with Crippen molar-refractivity contribution >= 4 is 61.3 Å². The lowest BCUT2D eigenvalue weighted by molar-refractivity contribution is 0.964. The summed E-state index contributed by atoms with van der Waals surface area (Å²) in [7, 11) is 0. The normalized spacial score (nSPS) is 11.1. The van der Waals surface area contributed by atoms with Crippen molar-refractivity contribution in [1.29, 1.82) is 0 Å². The van der Waals surface area contributed by atoms with Gasteiger partial charge in [-0.25, -0.2) is 9.97 Å². The largest absolute Gasteiger partial charge is 0.279 e. The van der Waals surface area contributed by atoms with Crippen LogP contribution in [-0.2, 0) is 5.88 Å². The molecule has 0 amide bonds. The molecule has 0 aliphatic rings. The molecule has 0 aliphatic heterocycles. The van der Waals surface area contributed by atoms with Crippen molar-refractivity contribution in [3.05, 3.63) is 50.4 Å². The second kappa shape index (κ2) is 5.38. The fraction of sp³-hybridized carbons (Fsp3) is 0.0769. The van der Waals surface area contributed by atoms with E-state index in [9.17, 15) is 0 Å². The van der Waals surface area contributed by atoms with Crippen LogP contribution in [0.3, 0.4) is 0 Å². The van der Waals surface area contributed by atoms with Gasteiger partial charge in [0.05, 0.1) is 11.6 Å². The molecule has 0 N–H and O–H groups in total. The number of hydrogen-bond acceptors (Lipinski definition) is 2. The van der Waals surface area contributed by atoms with Gasteiger partial charge in [0.1, 0.15) is 11.3 Å². The van der Waals surface area contributed by atoms with Crippen LogP contribution >= 0.6 is 50.1 Å². The zero-order valence-electron chi connectivity index (χ0n) is 9.65. The highest BCUT2D eigenvalue weighted by Crippen LogP contribution is 2.28. The first kappa shape index (κ1) is 13.3. The van der Waals surface area contributed by atoms with Gasteiger partial charge in [0, 0.05) is 14.2 Å². The molecule has 2 aromatic heterocycles. The van der Waals surface area contributed by atoms with Gasteiger partial charge in [-0.1, -0.05) is 0 Å². The summed E-state index contributed by atoms with van der Waals surface area (Å²) in [6, 6.07) is 9.96. The maximum absolute atomic E-state index is 6.01. The topological polar surface area (TPSA) is 30.7 Å². The molecule has 0 aliphatic carbocycles. The van der Waals surface area contributed by atoms with Crippen molar-refractivity contribution in [1.82, 2.24) is 14.5 Å². The third-order valence-corrected chi connectivity index (χ3v) is 4.30. The van der Waals surface area contributed by atoms with Crippen LogP contribution in [0.4, 0.5) is 0 Å². The van der Waals surface area contributed by atoms with E-state index in [-0.39, 0.29) is 0 Å². The predicted molar refractivity (Wildman–Crippen MR) is 88.8 cm³/mol. The maximum atomic E-state index is 6.01. The number of benzene rings is 1. The molecule has 2 heterocycles. The monoisotopic (exact) mass is 447 g/mol. The van der Waals surface area contributed by atoms with Crippen LogP contribution in [0.2, 0.25) is 0 Å². The van der Waals surface area contributed by atoms with Gasteiger partial charge in [0.25, 0.3) is 0 Å². The Morgan fingerprint density at radius 3 is 2.89 bits per heavy atom. The van der Waals surface area contributed by atoms with Crippen molar-refractivity contribution in [2.75, 3.05) is 0 Å². The second-order valence-corrected chi connectivity index (χ2v) is 6.31. The highest BCUT2D eigenvalue weighted by Gasteiger charge is 2.14. The summed E-state index contributed by atoms with van der Waals surface area (Å²) in [5.74, 6) is 1.13. The van der Waals surface area contributed by atoms with Gasteiger partial charge >= 0.3 is 0 Å². The molecule has 0 unspecified atom stereocenters. The lowest BCUT2D eigenvalue weighted by Crippen LogP contribution is -2.01. The Morgan fingerprint density at radius 1 is 1.32 bits per heavy atom. The number of pyridine rings is 1. The molecule has 19 heavy (non-hydrogen) atoms. The average Bonchev–Trinajstić information content (AvgIpc) is 2.77. The number of hydrogen-bond donors (Lipinski definition) is 0. The Bertz CT molecular complexity index is 757. The Kier molecular flexibility index (Phi) is 3.77. The van der Waals surface area contributed by atoms with E-state index in [4.69, 9.17) is 11.6 Å². The number of nitrogens with zero attached hydrogens (tertiary/aromatic N) is 3. The van der Waals surface area contributed by atoms with E-state index in [0.717, 1.165) is 30.7 Å². The number of fused-ring (bicyclic) bond motifs is 1. The molecule has 0 spiro atoms. The number of alkyl halides is 1. The summed E-state index contributed by atoms with van der Waals surface area (Å²) in [5, 5.41) is 0. The van der Waals surface area contributed by atoms with Crippen molar-refractivity contribution in [3.8, 4) is 5.69 Å². The van der Waals surface area contributed by atoms with Crippen LogP contribution < -0.4 is 0 Å². The molecular formula is C13H8BrClIN3. The summed E-state index contributed by atoms with van der Waals surface area (Å²) >= 11 is 11.9. The smallest absolute Gasteiger partial charge is 0.164 e. The van der Waals surface area contributed by atoms with Crippen LogP contribution in [-0.4, -0.2) is 14.5 Å². The molecule has 0 bridgehead atoms. The highest BCUT2D eigenvalue weighted by molar-refractivity contribution is 14.1. The van der Waals surface area contributed by atoms with Crippen LogP contribution in [0.15, 0.2) is 41.0 Å². The minimum atomic E-state index is 0.342. The molecule has 0 atom stereocenters. The lowest BCUT2D eigenvalue weighted by Gasteiger charge is -2.09. The van der Waals surface area contributed by atoms with Crippen molar-refractivity contribution in [2.45, 2.75) is 5.88 Å². The molecule has 96 valence electrons. The first-order valence-electron chi connectivity index (χ1n) is 5.54. The second-order valence-electron chi connectivity index (χ2n) is 3.94. The minimum Gasteiger partial charge on any atom is -0.279 e. The van der Waals surface area contributed by atoms with E-state index in [2.05, 4.69) is 54.6 Å². The summed E-state index contributed by atoms with van der Waals surface area (Å²) in [6.07, 6.45) is 1.76. The Morgan fingerprint density at radius 2 is 2.16 bits per heavy atom. The number of imidazole rings is 1.